The minimum atomic E-state index is -0.0639. The highest BCUT2D eigenvalue weighted by Gasteiger charge is 2.41. The Hall–Kier alpha value is -1.35. The summed E-state index contributed by atoms with van der Waals surface area (Å²) in [6, 6.07) is 11.5. The highest BCUT2D eigenvalue weighted by atomic mass is 16.5. The molecule has 3 aliphatic rings. The van der Waals surface area contributed by atoms with Gasteiger partial charge in [-0.2, -0.15) is 0 Å². The van der Waals surface area contributed by atoms with Gasteiger partial charge in [0.2, 0.25) is 0 Å². The normalized spacial score (nSPS) is 32.0. The van der Waals surface area contributed by atoms with Crippen LogP contribution in [0.2, 0.25) is 0 Å². The number of ether oxygens (including phenoxy) is 1. The maximum absolute atomic E-state index is 13.1. The lowest BCUT2D eigenvalue weighted by atomic mass is 9.85. The zero-order chi connectivity index (χ0) is 16.5. The molecule has 24 heavy (non-hydrogen) atoms. The second-order valence-corrected chi connectivity index (χ2v) is 8.01. The van der Waals surface area contributed by atoms with Gasteiger partial charge in [0, 0.05) is 12.1 Å². The van der Waals surface area contributed by atoms with E-state index >= 15 is 0 Å². The average molecular weight is 327 g/mol. The van der Waals surface area contributed by atoms with Gasteiger partial charge in [-0.05, 0) is 57.1 Å². The highest BCUT2D eigenvalue weighted by molar-refractivity contribution is 5.78. The third-order valence-corrected chi connectivity index (χ3v) is 6.62. The minimum Gasteiger partial charge on any atom is -0.462 e. The SMILES string of the molecule is CN1[C@@H]2CC[C@H]1CC(OC(=O)C(c1ccccc1)C1CCCC1)C2. The molecule has 4 rings (SSSR count). The van der Waals surface area contributed by atoms with E-state index in [9.17, 15) is 4.79 Å². The first-order valence-electron chi connectivity index (χ1n) is 9.69. The summed E-state index contributed by atoms with van der Waals surface area (Å²) in [5.41, 5.74) is 1.14. The molecule has 2 unspecified atom stereocenters. The zero-order valence-electron chi connectivity index (χ0n) is 14.7. The van der Waals surface area contributed by atoms with Crippen molar-refractivity contribution in [2.45, 2.75) is 75.5 Å². The predicted molar refractivity (Wildman–Crippen MR) is 94.8 cm³/mol. The van der Waals surface area contributed by atoms with Gasteiger partial charge in [-0.3, -0.25) is 4.79 Å². The molecule has 0 amide bonds. The number of hydrogen-bond donors (Lipinski definition) is 0. The molecule has 1 saturated carbocycles. The second kappa shape index (κ2) is 6.87. The van der Waals surface area contributed by atoms with Crippen LogP contribution in [0.25, 0.3) is 0 Å². The number of esters is 1. The molecule has 1 aliphatic carbocycles. The molecule has 1 aromatic rings. The molecular weight excluding hydrogens is 298 g/mol. The Kier molecular flexibility index (Phi) is 4.62. The van der Waals surface area contributed by atoms with Gasteiger partial charge in [0.1, 0.15) is 6.10 Å². The molecule has 0 radical (unpaired) electrons. The molecule has 2 saturated heterocycles. The first kappa shape index (κ1) is 16.1. The van der Waals surface area contributed by atoms with E-state index in [1.807, 2.05) is 18.2 Å². The molecule has 0 spiro atoms. The highest BCUT2D eigenvalue weighted by Crippen LogP contribution is 2.40. The Morgan fingerprint density at radius 2 is 1.67 bits per heavy atom. The van der Waals surface area contributed by atoms with Crippen LogP contribution >= 0.6 is 0 Å². The number of piperidine rings is 1. The topological polar surface area (TPSA) is 29.5 Å². The summed E-state index contributed by atoms with van der Waals surface area (Å²) in [5.74, 6) is 0.427. The Morgan fingerprint density at radius 1 is 1.04 bits per heavy atom. The van der Waals surface area contributed by atoms with Gasteiger partial charge in [0.15, 0.2) is 0 Å². The fraction of sp³-hybridized carbons (Fsp3) is 0.667. The number of nitrogens with zero attached hydrogens (tertiary/aromatic N) is 1. The number of benzene rings is 1. The molecule has 2 heterocycles. The summed E-state index contributed by atoms with van der Waals surface area (Å²) in [5, 5.41) is 0. The van der Waals surface area contributed by atoms with Crippen LogP contribution in [-0.2, 0) is 9.53 Å². The average Bonchev–Trinajstić information content (AvgIpc) is 3.16. The molecule has 3 heteroatoms. The first-order chi connectivity index (χ1) is 11.7. The summed E-state index contributed by atoms with van der Waals surface area (Å²) in [6.07, 6.45) is 9.51. The molecule has 2 aliphatic heterocycles. The molecule has 1 aromatic carbocycles. The van der Waals surface area contributed by atoms with Crippen LogP contribution in [0.3, 0.4) is 0 Å². The van der Waals surface area contributed by atoms with Crippen molar-refractivity contribution in [3.05, 3.63) is 35.9 Å². The first-order valence-corrected chi connectivity index (χ1v) is 9.69. The number of hydrogen-bond acceptors (Lipinski definition) is 3. The Balaban J connectivity index is 1.48. The van der Waals surface area contributed by atoms with E-state index in [1.165, 1.54) is 25.7 Å². The summed E-state index contributed by atoms with van der Waals surface area (Å²) >= 11 is 0. The van der Waals surface area contributed by atoms with E-state index in [1.54, 1.807) is 0 Å². The molecule has 0 N–H and O–H groups in total. The summed E-state index contributed by atoms with van der Waals surface area (Å²) in [7, 11) is 2.23. The smallest absolute Gasteiger partial charge is 0.313 e. The maximum atomic E-state index is 13.1. The predicted octanol–water partition coefficient (Wildman–Crippen LogP) is 4.13. The molecule has 2 bridgehead atoms. The third kappa shape index (κ3) is 3.11. The Morgan fingerprint density at radius 3 is 2.29 bits per heavy atom. The van der Waals surface area contributed by atoms with E-state index in [2.05, 4.69) is 24.1 Å². The molecule has 3 fully saturated rings. The minimum absolute atomic E-state index is 0.0297. The zero-order valence-corrected chi connectivity index (χ0v) is 14.7. The van der Waals surface area contributed by atoms with Crippen LogP contribution in [0.5, 0.6) is 0 Å². The van der Waals surface area contributed by atoms with Crippen LogP contribution in [-0.4, -0.2) is 36.1 Å². The van der Waals surface area contributed by atoms with Crippen molar-refractivity contribution in [3.63, 3.8) is 0 Å². The van der Waals surface area contributed by atoms with Crippen molar-refractivity contribution < 1.29 is 9.53 Å². The van der Waals surface area contributed by atoms with E-state index in [-0.39, 0.29) is 18.0 Å². The van der Waals surface area contributed by atoms with E-state index in [0.29, 0.717) is 18.0 Å². The van der Waals surface area contributed by atoms with E-state index in [4.69, 9.17) is 4.74 Å². The maximum Gasteiger partial charge on any atom is 0.313 e. The molecule has 4 atom stereocenters. The lowest BCUT2D eigenvalue weighted by Crippen LogP contribution is -2.44. The van der Waals surface area contributed by atoms with E-state index in [0.717, 1.165) is 31.2 Å². The fourth-order valence-corrected chi connectivity index (χ4v) is 5.25. The van der Waals surface area contributed by atoms with Gasteiger partial charge in [-0.15, -0.1) is 0 Å². The molecular formula is C21H29NO2. The van der Waals surface area contributed by atoms with Crippen molar-refractivity contribution in [3.8, 4) is 0 Å². The van der Waals surface area contributed by atoms with Gasteiger partial charge >= 0.3 is 5.97 Å². The van der Waals surface area contributed by atoms with Crippen LogP contribution in [0, 0.1) is 5.92 Å². The van der Waals surface area contributed by atoms with Gasteiger partial charge in [0.25, 0.3) is 0 Å². The Bertz CT molecular complexity index is 552. The van der Waals surface area contributed by atoms with Crippen LogP contribution in [0.1, 0.15) is 62.8 Å². The summed E-state index contributed by atoms with van der Waals surface area (Å²) < 4.78 is 6.08. The van der Waals surface area contributed by atoms with Crippen molar-refractivity contribution in [2.75, 3.05) is 7.05 Å². The number of carbonyl (C=O) groups excluding carboxylic acids is 1. The van der Waals surface area contributed by atoms with Gasteiger partial charge in [0.05, 0.1) is 5.92 Å². The largest absolute Gasteiger partial charge is 0.462 e. The third-order valence-electron chi connectivity index (χ3n) is 6.62. The quantitative estimate of drug-likeness (QED) is 0.779. The van der Waals surface area contributed by atoms with Crippen LogP contribution in [0.15, 0.2) is 30.3 Å². The lowest BCUT2D eigenvalue weighted by Gasteiger charge is -2.36. The van der Waals surface area contributed by atoms with Crippen molar-refractivity contribution in [1.82, 2.24) is 4.90 Å². The summed E-state index contributed by atoms with van der Waals surface area (Å²) in [6.45, 7) is 0. The van der Waals surface area contributed by atoms with Gasteiger partial charge < -0.3 is 9.64 Å². The van der Waals surface area contributed by atoms with Crippen molar-refractivity contribution in [1.29, 1.82) is 0 Å². The second-order valence-electron chi connectivity index (χ2n) is 8.01. The molecule has 0 aromatic heterocycles. The standard InChI is InChI=1S/C21H29NO2/c1-22-17-11-12-18(22)14-19(13-17)24-21(23)20(16-9-5-6-10-16)15-7-3-2-4-8-15/h2-4,7-8,16-20H,5-6,9-14H2,1H3/t17-,18+,19?,20?. The monoisotopic (exact) mass is 327 g/mol. The van der Waals surface area contributed by atoms with E-state index < -0.39 is 0 Å². The molecule has 130 valence electrons. The van der Waals surface area contributed by atoms with Gasteiger partial charge in [-0.25, -0.2) is 0 Å². The van der Waals surface area contributed by atoms with Crippen molar-refractivity contribution in [2.24, 2.45) is 5.92 Å². The van der Waals surface area contributed by atoms with Crippen LogP contribution in [0.4, 0.5) is 0 Å². The number of rotatable bonds is 4. The Labute approximate surface area is 145 Å². The fourth-order valence-electron chi connectivity index (χ4n) is 5.25. The van der Waals surface area contributed by atoms with Gasteiger partial charge in [-0.1, -0.05) is 43.2 Å². The number of fused-ring (bicyclic) bond motifs is 2. The summed E-state index contributed by atoms with van der Waals surface area (Å²) in [4.78, 5) is 15.6. The molecule has 3 nitrogen and oxygen atoms in total. The van der Waals surface area contributed by atoms with Crippen LogP contribution < -0.4 is 0 Å². The van der Waals surface area contributed by atoms with Crippen molar-refractivity contribution >= 4 is 5.97 Å². The lowest BCUT2D eigenvalue weighted by molar-refractivity contribution is -0.155. The number of carbonyl (C=O) groups is 1.